The van der Waals surface area contributed by atoms with E-state index in [-0.39, 0.29) is 0 Å². The first-order valence-electron chi connectivity index (χ1n) is 7.61. The summed E-state index contributed by atoms with van der Waals surface area (Å²) in [7, 11) is 4.30. The van der Waals surface area contributed by atoms with Crippen molar-refractivity contribution < 1.29 is 0 Å². The molecule has 2 aromatic carbocycles. The van der Waals surface area contributed by atoms with Crippen LogP contribution < -0.4 is 0 Å². The molecule has 0 aliphatic carbocycles. The molecule has 0 bridgehead atoms. The second-order valence-electron chi connectivity index (χ2n) is 5.87. The van der Waals surface area contributed by atoms with Crippen molar-refractivity contribution in [3.8, 4) is 0 Å². The fourth-order valence-electron chi connectivity index (χ4n) is 3.28. The Bertz CT molecular complexity index is 665. The number of rotatable bonds is 2. The molecule has 112 valence electrons. The Hall–Kier alpha value is -2.48. The Kier molecular flexibility index (Phi) is 3.76. The van der Waals surface area contributed by atoms with Crippen molar-refractivity contribution in [3.63, 3.8) is 0 Å². The van der Waals surface area contributed by atoms with Gasteiger partial charge in [-0.2, -0.15) is 0 Å². The van der Waals surface area contributed by atoms with E-state index in [9.17, 15) is 0 Å². The molecule has 1 aliphatic rings. The van der Waals surface area contributed by atoms with Gasteiger partial charge in [-0.05, 0) is 19.4 Å². The fourth-order valence-corrected chi connectivity index (χ4v) is 3.28. The average molecular weight is 290 g/mol. The van der Waals surface area contributed by atoms with Crippen LogP contribution in [0.3, 0.4) is 0 Å². The number of hydrogen-bond donors (Lipinski definition) is 0. The monoisotopic (exact) mass is 290 g/mol. The van der Waals surface area contributed by atoms with E-state index in [1.807, 2.05) is 0 Å². The van der Waals surface area contributed by atoms with Gasteiger partial charge in [-0.15, -0.1) is 0 Å². The van der Waals surface area contributed by atoms with Gasteiger partial charge in [0.15, 0.2) is 0 Å². The van der Waals surface area contributed by atoms with E-state index in [2.05, 4.69) is 98.4 Å². The van der Waals surface area contributed by atoms with Gasteiger partial charge >= 0.3 is 0 Å². The summed E-state index contributed by atoms with van der Waals surface area (Å²) in [5.41, 5.74) is 6.30. The Morgan fingerprint density at radius 2 is 1.00 bits per heavy atom. The van der Waals surface area contributed by atoms with Gasteiger partial charge in [0.05, 0.1) is 11.4 Å². The van der Waals surface area contributed by atoms with E-state index in [4.69, 9.17) is 0 Å². The highest BCUT2D eigenvalue weighted by molar-refractivity contribution is 5.92. The van der Waals surface area contributed by atoms with E-state index in [1.54, 1.807) is 0 Å². The standard InChI is InChI=1S/C20H22N2/c1-15(2)20-21(3)18(16-11-7-5-8-12-16)19(22(20)4)17-13-9-6-10-14-17/h5-14H,1-4H3. The van der Waals surface area contributed by atoms with Crippen LogP contribution in [0.1, 0.15) is 25.0 Å². The molecule has 0 radical (unpaired) electrons. The van der Waals surface area contributed by atoms with Gasteiger partial charge in [0, 0.05) is 25.2 Å². The lowest BCUT2D eigenvalue weighted by atomic mass is 10.1. The lowest BCUT2D eigenvalue weighted by molar-refractivity contribution is 0.455. The van der Waals surface area contributed by atoms with Crippen LogP contribution in [-0.4, -0.2) is 23.9 Å². The highest BCUT2D eigenvalue weighted by Crippen LogP contribution is 2.41. The molecule has 22 heavy (non-hydrogen) atoms. The zero-order valence-corrected chi connectivity index (χ0v) is 13.7. The maximum absolute atomic E-state index is 2.30. The summed E-state index contributed by atoms with van der Waals surface area (Å²) in [5, 5.41) is 0. The Morgan fingerprint density at radius 3 is 1.32 bits per heavy atom. The summed E-state index contributed by atoms with van der Waals surface area (Å²) in [4.78, 5) is 4.60. The summed E-state index contributed by atoms with van der Waals surface area (Å²) in [6, 6.07) is 21.2. The van der Waals surface area contributed by atoms with Crippen LogP contribution in [0.4, 0.5) is 0 Å². The van der Waals surface area contributed by atoms with Gasteiger partial charge in [0.25, 0.3) is 0 Å². The maximum atomic E-state index is 2.30. The fraction of sp³-hybridized carbons (Fsp3) is 0.200. The van der Waals surface area contributed by atoms with Crippen molar-refractivity contribution in [3.05, 3.63) is 83.2 Å². The molecule has 2 heteroatoms. The van der Waals surface area contributed by atoms with E-state index in [0.29, 0.717) is 0 Å². The number of benzene rings is 2. The second kappa shape index (κ2) is 5.72. The SMILES string of the molecule is CC(C)=C1N(C)C(c2ccccc2)=C(c2ccccc2)N1C. The molecule has 0 spiro atoms. The van der Waals surface area contributed by atoms with E-state index < -0.39 is 0 Å². The van der Waals surface area contributed by atoms with Crippen LogP contribution in [0.15, 0.2) is 72.1 Å². The zero-order chi connectivity index (χ0) is 15.7. The van der Waals surface area contributed by atoms with Gasteiger partial charge in [0.1, 0.15) is 5.82 Å². The first kappa shape index (κ1) is 14.5. The Morgan fingerprint density at radius 1 is 0.636 bits per heavy atom. The van der Waals surface area contributed by atoms with Gasteiger partial charge in [-0.25, -0.2) is 0 Å². The van der Waals surface area contributed by atoms with Gasteiger partial charge < -0.3 is 9.80 Å². The summed E-state index contributed by atoms with van der Waals surface area (Å²) >= 11 is 0. The largest absolute Gasteiger partial charge is 0.329 e. The lowest BCUT2D eigenvalue weighted by Gasteiger charge is -2.23. The average Bonchev–Trinajstić information content (AvgIpc) is 2.80. The van der Waals surface area contributed by atoms with Crippen LogP contribution in [0.5, 0.6) is 0 Å². The first-order valence-corrected chi connectivity index (χ1v) is 7.61. The molecule has 0 fully saturated rings. The molecule has 1 heterocycles. The molecule has 0 aromatic heterocycles. The Balaban J connectivity index is 2.26. The summed E-state index contributed by atoms with van der Waals surface area (Å²) in [6.45, 7) is 4.33. The predicted molar refractivity (Wildman–Crippen MR) is 93.6 cm³/mol. The first-order chi connectivity index (χ1) is 10.6. The third kappa shape index (κ3) is 2.31. The van der Waals surface area contributed by atoms with Crippen LogP contribution in [0.25, 0.3) is 11.4 Å². The molecular weight excluding hydrogens is 268 g/mol. The van der Waals surface area contributed by atoms with Gasteiger partial charge in [-0.1, -0.05) is 60.7 Å². The van der Waals surface area contributed by atoms with Crippen molar-refractivity contribution in [2.45, 2.75) is 13.8 Å². The smallest absolute Gasteiger partial charge is 0.111 e. The molecular formula is C20H22N2. The minimum absolute atomic E-state index is 1.24. The molecule has 0 atom stereocenters. The summed E-state index contributed by atoms with van der Waals surface area (Å²) in [6.07, 6.45) is 0. The van der Waals surface area contributed by atoms with Crippen LogP contribution >= 0.6 is 0 Å². The molecule has 0 unspecified atom stereocenters. The van der Waals surface area contributed by atoms with E-state index in [0.717, 1.165) is 0 Å². The Labute approximate surface area is 133 Å². The normalized spacial score (nSPS) is 14.8. The highest BCUT2D eigenvalue weighted by atomic mass is 15.4. The topological polar surface area (TPSA) is 6.48 Å². The number of nitrogens with zero attached hydrogens (tertiary/aromatic N) is 2. The third-order valence-corrected chi connectivity index (χ3v) is 4.07. The molecule has 0 N–H and O–H groups in total. The van der Waals surface area contributed by atoms with Crippen LogP contribution in [-0.2, 0) is 0 Å². The summed E-state index contributed by atoms with van der Waals surface area (Å²) < 4.78 is 0. The minimum atomic E-state index is 1.24. The van der Waals surface area contributed by atoms with Gasteiger partial charge in [0.2, 0.25) is 0 Å². The zero-order valence-electron chi connectivity index (χ0n) is 13.7. The van der Waals surface area contributed by atoms with E-state index >= 15 is 0 Å². The van der Waals surface area contributed by atoms with Crippen molar-refractivity contribution >= 4 is 11.4 Å². The third-order valence-electron chi connectivity index (χ3n) is 4.07. The van der Waals surface area contributed by atoms with Crippen molar-refractivity contribution in [1.82, 2.24) is 9.80 Å². The lowest BCUT2D eigenvalue weighted by Crippen LogP contribution is -2.20. The minimum Gasteiger partial charge on any atom is -0.329 e. The van der Waals surface area contributed by atoms with Crippen molar-refractivity contribution in [1.29, 1.82) is 0 Å². The van der Waals surface area contributed by atoms with Crippen LogP contribution in [0, 0.1) is 0 Å². The number of allylic oxidation sites excluding steroid dienone is 1. The summed E-state index contributed by atoms with van der Waals surface area (Å²) in [5.74, 6) is 1.25. The highest BCUT2D eigenvalue weighted by Gasteiger charge is 2.31. The van der Waals surface area contributed by atoms with E-state index in [1.165, 1.54) is 33.9 Å². The molecule has 0 saturated carbocycles. The van der Waals surface area contributed by atoms with Crippen LogP contribution in [0.2, 0.25) is 0 Å². The second-order valence-corrected chi connectivity index (χ2v) is 5.87. The predicted octanol–water partition coefficient (Wildman–Crippen LogP) is 4.64. The molecule has 1 aliphatic heterocycles. The van der Waals surface area contributed by atoms with Crippen molar-refractivity contribution in [2.75, 3.05) is 14.1 Å². The quantitative estimate of drug-likeness (QED) is 0.795. The molecule has 2 aromatic rings. The maximum Gasteiger partial charge on any atom is 0.111 e. The molecule has 3 rings (SSSR count). The van der Waals surface area contributed by atoms with Gasteiger partial charge in [-0.3, -0.25) is 0 Å². The molecule has 2 nitrogen and oxygen atoms in total. The molecule has 0 saturated heterocycles. The number of hydrogen-bond acceptors (Lipinski definition) is 2. The molecule has 0 amide bonds. The van der Waals surface area contributed by atoms with Crippen molar-refractivity contribution in [2.24, 2.45) is 0 Å².